The lowest BCUT2D eigenvalue weighted by atomic mass is 10.1. The summed E-state index contributed by atoms with van der Waals surface area (Å²) in [5.41, 5.74) is 0.352. The zero-order chi connectivity index (χ0) is 20.0. The van der Waals surface area contributed by atoms with Crippen LogP contribution in [0.15, 0.2) is 40.8 Å². The molecule has 1 N–H and O–H groups in total. The summed E-state index contributed by atoms with van der Waals surface area (Å²) >= 11 is 6.06. The van der Waals surface area contributed by atoms with Crippen molar-refractivity contribution in [2.24, 2.45) is 0 Å². The van der Waals surface area contributed by atoms with Crippen molar-refractivity contribution in [1.82, 2.24) is 5.32 Å². The maximum atomic E-state index is 12.6. The predicted octanol–water partition coefficient (Wildman–Crippen LogP) is 4.46. The van der Waals surface area contributed by atoms with E-state index < -0.39 is 17.7 Å². The molecule has 1 saturated heterocycles. The quantitative estimate of drug-likeness (QED) is 0.422. The Morgan fingerprint density at radius 2 is 1.93 bits per heavy atom. The van der Waals surface area contributed by atoms with E-state index in [0.29, 0.717) is 20.4 Å². The van der Waals surface area contributed by atoms with Crippen LogP contribution in [0.2, 0.25) is 0 Å². The largest absolute Gasteiger partial charge is 0.466 e. The highest BCUT2D eigenvalue weighted by Gasteiger charge is 2.30. The van der Waals surface area contributed by atoms with Crippen molar-refractivity contribution in [3.05, 3.63) is 51.9 Å². The van der Waals surface area contributed by atoms with Gasteiger partial charge in [-0.3, -0.25) is 9.59 Å². The number of thioether (sulfide) groups is 1. The molecule has 0 bridgehead atoms. The molecule has 0 spiro atoms. The van der Waals surface area contributed by atoms with E-state index in [1.54, 1.807) is 19.1 Å². The third-order valence-electron chi connectivity index (χ3n) is 3.53. The van der Waals surface area contributed by atoms with Gasteiger partial charge in [-0.25, -0.2) is 0 Å². The zero-order valence-corrected chi connectivity index (χ0v) is 15.9. The number of benzene rings is 1. The molecule has 144 valence electrons. The van der Waals surface area contributed by atoms with Gasteiger partial charge in [-0.2, -0.15) is 13.2 Å². The number of esters is 1. The number of carbonyl (C=O) groups is 2. The molecule has 0 aromatic heterocycles. The molecule has 27 heavy (non-hydrogen) atoms. The summed E-state index contributed by atoms with van der Waals surface area (Å²) in [6.45, 7) is 1.95. The minimum absolute atomic E-state index is 0.0740. The van der Waals surface area contributed by atoms with E-state index in [4.69, 9.17) is 17.0 Å². The molecule has 0 unspecified atom stereocenters. The molecule has 1 aromatic rings. The number of allylic oxidation sites excluding steroid dienone is 2. The molecule has 1 fully saturated rings. The average Bonchev–Trinajstić information content (AvgIpc) is 2.93. The average molecular weight is 415 g/mol. The van der Waals surface area contributed by atoms with Crippen molar-refractivity contribution in [3.63, 3.8) is 0 Å². The van der Waals surface area contributed by atoms with E-state index in [0.717, 1.165) is 23.9 Å². The molecule has 0 aliphatic carbocycles. The third kappa shape index (κ3) is 6.21. The molecule has 4 nitrogen and oxygen atoms in total. The molecular formula is C18H16F3NO3S2. The maximum absolute atomic E-state index is 12.6. The minimum atomic E-state index is -4.40. The number of nitrogens with one attached hydrogen (secondary N) is 1. The number of thiocarbonyl (C=S) groups is 1. The van der Waals surface area contributed by atoms with Crippen LogP contribution in [0.4, 0.5) is 13.2 Å². The van der Waals surface area contributed by atoms with Crippen LogP contribution >= 0.6 is 24.0 Å². The fourth-order valence-electron chi connectivity index (χ4n) is 2.25. The van der Waals surface area contributed by atoms with Crippen LogP contribution in [0.5, 0.6) is 0 Å². The molecule has 1 aliphatic rings. The second-order valence-corrected chi connectivity index (χ2v) is 7.14. The lowest BCUT2D eigenvalue weighted by molar-refractivity contribution is -0.143. The molecular weight excluding hydrogens is 399 g/mol. The van der Waals surface area contributed by atoms with Crippen LogP contribution in [0.1, 0.15) is 30.9 Å². The van der Waals surface area contributed by atoms with Crippen LogP contribution < -0.4 is 5.32 Å². The van der Waals surface area contributed by atoms with Crippen LogP contribution in [0.3, 0.4) is 0 Å². The van der Waals surface area contributed by atoms with Gasteiger partial charge in [0.05, 0.1) is 17.1 Å². The van der Waals surface area contributed by atoms with Crippen molar-refractivity contribution >= 4 is 46.3 Å². The molecule has 1 aromatic carbocycles. The summed E-state index contributed by atoms with van der Waals surface area (Å²) in [6, 6.07) is 4.63. The Bertz CT molecular complexity index is 799. The van der Waals surface area contributed by atoms with Crippen LogP contribution in [-0.2, 0) is 20.5 Å². The second kappa shape index (κ2) is 9.18. The molecule has 1 amide bonds. The summed E-state index contributed by atoms with van der Waals surface area (Å²) in [6.07, 6.45) is -0.886. The summed E-state index contributed by atoms with van der Waals surface area (Å²) in [4.78, 5) is 24.0. The highest BCUT2D eigenvalue weighted by Crippen LogP contribution is 2.31. The highest BCUT2D eigenvalue weighted by atomic mass is 32.2. The normalized spacial score (nSPS) is 16.6. The van der Waals surface area contributed by atoms with Gasteiger partial charge >= 0.3 is 12.1 Å². The number of alkyl halides is 3. The van der Waals surface area contributed by atoms with Crippen molar-refractivity contribution in [3.8, 4) is 0 Å². The molecule has 0 saturated carbocycles. The Morgan fingerprint density at radius 1 is 1.26 bits per heavy atom. The summed E-state index contributed by atoms with van der Waals surface area (Å²) in [5, 5.41) is 2.50. The Kier molecular flexibility index (Phi) is 7.20. The molecule has 1 heterocycles. The molecule has 9 heteroatoms. The zero-order valence-electron chi connectivity index (χ0n) is 14.3. The smallest absolute Gasteiger partial charge is 0.416 e. The van der Waals surface area contributed by atoms with E-state index >= 15 is 0 Å². The molecule has 0 atom stereocenters. The van der Waals surface area contributed by atoms with Gasteiger partial charge in [-0.1, -0.05) is 48.3 Å². The van der Waals surface area contributed by atoms with E-state index in [1.165, 1.54) is 12.1 Å². The lowest BCUT2D eigenvalue weighted by Gasteiger charge is -2.07. The Labute approximate surface area is 163 Å². The summed E-state index contributed by atoms with van der Waals surface area (Å²) in [7, 11) is 0. The number of hydrogen-bond donors (Lipinski definition) is 1. The van der Waals surface area contributed by atoms with Crippen molar-refractivity contribution < 1.29 is 27.5 Å². The van der Waals surface area contributed by atoms with Crippen LogP contribution in [-0.4, -0.2) is 22.8 Å². The Balaban J connectivity index is 2.22. The van der Waals surface area contributed by atoms with Gasteiger partial charge < -0.3 is 10.1 Å². The van der Waals surface area contributed by atoms with Crippen LogP contribution in [0, 0.1) is 0 Å². The second-order valence-electron chi connectivity index (χ2n) is 5.46. The van der Waals surface area contributed by atoms with Gasteiger partial charge in [0.1, 0.15) is 4.32 Å². The Hall–Kier alpha value is -2.13. The minimum Gasteiger partial charge on any atom is -0.466 e. The Morgan fingerprint density at radius 3 is 2.44 bits per heavy atom. The standard InChI is InChI=1S/C18H16F3NO3S2/c1-2-25-14(23)10-7-12(15-16(24)22-17(26)27-15)6-3-11-4-8-13(9-5-11)18(19,20)21/h3-6,8-9H,2,7,10H2,1H3,(H,22,24,26). The topological polar surface area (TPSA) is 55.4 Å². The number of ether oxygens (including phenoxy) is 1. The first-order chi connectivity index (χ1) is 12.7. The van der Waals surface area contributed by atoms with Crippen molar-refractivity contribution in [2.75, 3.05) is 6.61 Å². The van der Waals surface area contributed by atoms with Gasteiger partial charge in [0.15, 0.2) is 0 Å². The number of amides is 1. The van der Waals surface area contributed by atoms with Gasteiger partial charge in [0.25, 0.3) is 5.91 Å². The van der Waals surface area contributed by atoms with Crippen molar-refractivity contribution in [1.29, 1.82) is 0 Å². The fraction of sp³-hybridized carbons (Fsp3) is 0.278. The fourth-order valence-corrected chi connectivity index (χ4v) is 3.36. The summed E-state index contributed by atoms with van der Waals surface area (Å²) in [5.74, 6) is -0.759. The van der Waals surface area contributed by atoms with E-state index in [2.05, 4.69) is 5.32 Å². The number of halogens is 3. The number of carbonyl (C=O) groups excluding carboxylic acids is 2. The number of hydrogen-bond acceptors (Lipinski definition) is 5. The SMILES string of the molecule is CCOC(=O)CCC(C=Cc1ccc(C(F)(F)F)cc1)=C1SC(=S)NC1=O. The van der Waals surface area contributed by atoms with Gasteiger partial charge in [0.2, 0.25) is 0 Å². The van der Waals surface area contributed by atoms with E-state index in [-0.39, 0.29) is 25.4 Å². The van der Waals surface area contributed by atoms with Crippen molar-refractivity contribution in [2.45, 2.75) is 25.9 Å². The highest BCUT2D eigenvalue weighted by molar-refractivity contribution is 8.26. The van der Waals surface area contributed by atoms with Gasteiger partial charge in [-0.05, 0) is 36.6 Å². The maximum Gasteiger partial charge on any atom is 0.416 e. The van der Waals surface area contributed by atoms with Crippen LogP contribution in [0.25, 0.3) is 6.08 Å². The first-order valence-corrected chi connectivity index (χ1v) is 9.20. The van der Waals surface area contributed by atoms with Gasteiger partial charge in [-0.15, -0.1) is 0 Å². The lowest BCUT2D eigenvalue weighted by Crippen LogP contribution is -2.18. The summed E-state index contributed by atoms with van der Waals surface area (Å²) < 4.78 is 43.1. The van der Waals surface area contributed by atoms with E-state index in [9.17, 15) is 22.8 Å². The predicted molar refractivity (Wildman–Crippen MR) is 102 cm³/mol. The first kappa shape index (κ1) is 21.2. The molecule has 1 aliphatic heterocycles. The first-order valence-electron chi connectivity index (χ1n) is 7.98. The molecule has 0 radical (unpaired) electrons. The molecule has 2 rings (SSSR count). The van der Waals surface area contributed by atoms with Gasteiger partial charge in [0, 0.05) is 6.42 Å². The third-order valence-corrected chi connectivity index (χ3v) is 4.82. The monoisotopic (exact) mass is 415 g/mol. The van der Waals surface area contributed by atoms with E-state index in [1.807, 2.05) is 0 Å². The number of rotatable bonds is 6.